The molecule has 0 saturated heterocycles. The normalized spacial score (nSPS) is 10.7. The molecule has 125 valence electrons. The summed E-state index contributed by atoms with van der Waals surface area (Å²) in [6.07, 6.45) is 8.02. The number of aromatic nitrogens is 3. The third-order valence-corrected chi connectivity index (χ3v) is 4.43. The molecule has 5 rings (SSSR count). The van der Waals surface area contributed by atoms with Gasteiger partial charge in [0.2, 0.25) is 0 Å². The van der Waals surface area contributed by atoms with Crippen LogP contribution in [0.5, 0.6) is 0 Å². The standard InChI is InChI=1S/C23H13N3.Y/c1-2-5-16(6-3-1)21-11-10-19(14-25-21)20-13-18-9-8-17-7-4-12-24-22(17)23(18)26-15-20;/h1-13H;/q-2;. The molecule has 0 amide bonds. The zero-order valence-electron chi connectivity index (χ0n) is 14.4. The van der Waals surface area contributed by atoms with Gasteiger partial charge in [0.05, 0.1) is 5.52 Å². The molecule has 0 aliphatic carbocycles. The quantitative estimate of drug-likeness (QED) is 0.294. The number of pyridine rings is 3. The molecular weight excluding hydrogens is 407 g/mol. The molecule has 0 saturated carbocycles. The van der Waals surface area contributed by atoms with Crippen LogP contribution in [0.25, 0.3) is 44.2 Å². The van der Waals surface area contributed by atoms with Gasteiger partial charge < -0.3 is 9.97 Å². The van der Waals surface area contributed by atoms with Crippen LogP contribution in [0.3, 0.4) is 0 Å². The largest absolute Gasteiger partial charge is 0.362 e. The van der Waals surface area contributed by atoms with Gasteiger partial charge in [-0.1, -0.05) is 66.3 Å². The SMILES string of the molecule is [Y].[c-]1nc(-c2ccccc2)ccc1-c1[c-]nc2c(ccc3cccnc32)c1. The Kier molecular flexibility index (Phi) is 5.06. The van der Waals surface area contributed by atoms with Gasteiger partial charge in [-0.3, -0.25) is 4.98 Å². The molecule has 5 aromatic rings. The maximum atomic E-state index is 4.53. The molecule has 0 aliphatic rings. The predicted octanol–water partition coefficient (Wildman–Crippen LogP) is 5.11. The van der Waals surface area contributed by atoms with Crippen molar-refractivity contribution in [1.82, 2.24) is 15.0 Å². The Morgan fingerprint density at radius 2 is 1.44 bits per heavy atom. The van der Waals surface area contributed by atoms with E-state index in [9.17, 15) is 0 Å². The van der Waals surface area contributed by atoms with Gasteiger partial charge in [-0.05, 0) is 22.7 Å². The first-order valence-corrected chi connectivity index (χ1v) is 8.39. The van der Waals surface area contributed by atoms with Crippen LogP contribution in [0.1, 0.15) is 0 Å². The smallest absolute Gasteiger partial charge is 0.0544 e. The van der Waals surface area contributed by atoms with Gasteiger partial charge in [0.1, 0.15) is 0 Å². The van der Waals surface area contributed by atoms with Gasteiger partial charge in [0.15, 0.2) is 0 Å². The summed E-state index contributed by atoms with van der Waals surface area (Å²) < 4.78 is 0. The van der Waals surface area contributed by atoms with Crippen LogP contribution in [0.15, 0.2) is 79.0 Å². The average molecular weight is 420 g/mol. The van der Waals surface area contributed by atoms with Gasteiger partial charge >= 0.3 is 0 Å². The van der Waals surface area contributed by atoms with Crippen molar-refractivity contribution in [2.45, 2.75) is 0 Å². The Morgan fingerprint density at radius 3 is 2.26 bits per heavy atom. The number of hydrogen-bond donors (Lipinski definition) is 0. The minimum atomic E-state index is 0. The summed E-state index contributed by atoms with van der Waals surface area (Å²) in [7, 11) is 0. The molecule has 2 aromatic carbocycles. The maximum Gasteiger partial charge on any atom is 0.0544 e. The van der Waals surface area contributed by atoms with Crippen molar-refractivity contribution in [3.05, 3.63) is 91.4 Å². The fourth-order valence-corrected chi connectivity index (χ4v) is 3.10. The van der Waals surface area contributed by atoms with E-state index in [1.54, 1.807) is 6.20 Å². The number of fused-ring (bicyclic) bond motifs is 3. The summed E-state index contributed by atoms with van der Waals surface area (Å²) in [4.78, 5) is 13.5. The Hall–Kier alpha value is -2.49. The minimum absolute atomic E-state index is 0. The molecule has 4 heteroatoms. The van der Waals surface area contributed by atoms with Gasteiger partial charge in [-0.15, -0.1) is 6.07 Å². The van der Waals surface area contributed by atoms with Crippen LogP contribution < -0.4 is 0 Å². The molecule has 27 heavy (non-hydrogen) atoms. The van der Waals surface area contributed by atoms with E-state index < -0.39 is 0 Å². The molecule has 0 aliphatic heterocycles. The Labute approximate surface area is 182 Å². The van der Waals surface area contributed by atoms with Crippen molar-refractivity contribution in [2.24, 2.45) is 0 Å². The molecule has 3 nitrogen and oxygen atoms in total. The first kappa shape index (κ1) is 17.9. The van der Waals surface area contributed by atoms with E-state index in [4.69, 9.17) is 0 Å². The third kappa shape index (κ3) is 3.41. The monoisotopic (exact) mass is 420 g/mol. The van der Waals surface area contributed by atoms with Crippen LogP contribution >= 0.6 is 0 Å². The summed E-state index contributed by atoms with van der Waals surface area (Å²) in [6.45, 7) is 0. The Balaban J connectivity index is 0.00000180. The van der Waals surface area contributed by atoms with E-state index in [2.05, 4.69) is 45.5 Å². The first-order valence-electron chi connectivity index (χ1n) is 8.39. The zero-order chi connectivity index (χ0) is 17.3. The van der Waals surface area contributed by atoms with Gasteiger partial charge in [0, 0.05) is 44.4 Å². The summed E-state index contributed by atoms with van der Waals surface area (Å²) in [5.41, 5.74) is 5.49. The van der Waals surface area contributed by atoms with Crippen molar-refractivity contribution in [3.63, 3.8) is 0 Å². The molecule has 0 spiro atoms. The van der Waals surface area contributed by atoms with E-state index in [-0.39, 0.29) is 32.7 Å². The molecule has 0 unspecified atom stereocenters. The molecule has 1 radical (unpaired) electrons. The number of nitrogens with zero attached hydrogens (tertiary/aromatic N) is 3. The van der Waals surface area contributed by atoms with Crippen LogP contribution in [0, 0.1) is 12.4 Å². The van der Waals surface area contributed by atoms with E-state index in [1.165, 1.54) is 0 Å². The third-order valence-electron chi connectivity index (χ3n) is 4.43. The Bertz CT molecular complexity index is 1220. The zero-order valence-corrected chi connectivity index (χ0v) is 17.3. The Morgan fingerprint density at radius 1 is 0.630 bits per heavy atom. The second-order valence-corrected chi connectivity index (χ2v) is 6.08. The van der Waals surface area contributed by atoms with E-state index in [1.807, 2.05) is 54.6 Å². The molecule has 0 fully saturated rings. The van der Waals surface area contributed by atoms with Crippen LogP contribution in [-0.2, 0) is 32.7 Å². The van der Waals surface area contributed by atoms with Gasteiger partial charge in [-0.2, -0.15) is 12.1 Å². The fourth-order valence-electron chi connectivity index (χ4n) is 3.10. The first-order chi connectivity index (χ1) is 12.9. The second kappa shape index (κ2) is 7.63. The molecule has 3 aromatic heterocycles. The van der Waals surface area contributed by atoms with Crippen molar-refractivity contribution < 1.29 is 32.7 Å². The molecule has 3 heterocycles. The van der Waals surface area contributed by atoms with Crippen LogP contribution in [-0.4, -0.2) is 15.0 Å². The minimum Gasteiger partial charge on any atom is -0.362 e. The van der Waals surface area contributed by atoms with Crippen molar-refractivity contribution in [2.75, 3.05) is 0 Å². The number of benzene rings is 2. The van der Waals surface area contributed by atoms with E-state index in [0.717, 1.165) is 44.2 Å². The maximum absolute atomic E-state index is 4.53. The fraction of sp³-hybridized carbons (Fsp3) is 0. The molecule has 0 bridgehead atoms. The van der Waals surface area contributed by atoms with E-state index >= 15 is 0 Å². The summed E-state index contributed by atoms with van der Waals surface area (Å²) >= 11 is 0. The topological polar surface area (TPSA) is 38.7 Å². The molecule has 0 atom stereocenters. The summed E-state index contributed by atoms with van der Waals surface area (Å²) in [5, 5.41) is 2.11. The van der Waals surface area contributed by atoms with Crippen LogP contribution in [0.4, 0.5) is 0 Å². The van der Waals surface area contributed by atoms with E-state index in [0.29, 0.717) is 0 Å². The number of hydrogen-bond acceptors (Lipinski definition) is 3. The number of rotatable bonds is 2. The van der Waals surface area contributed by atoms with Crippen molar-refractivity contribution in [3.8, 4) is 22.4 Å². The molecular formula is C23H13N3Y-2. The average Bonchev–Trinajstić information content (AvgIpc) is 2.74. The van der Waals surface area contributed by atoms with Crippen LogP contribution in [0.2, 0.25) is 0 Å². The van der Waals surface area contributed by atoms with Gasteiger partial charge in [-0.25, -0.2) is 11.1 Å². The second-order valence-electron chi connectivity index (χ2n) is 6.08. The van der Waals surface area contributed by atoms with Crippen molar-refractivity contribution >= 4 is 21.8 Å². The van der Waals surface area contributed by atoms with Crippen molar-refractivity contribution in [1.29, 1.82) is 0 Å². The predicted molar refractivity (Wildman–Crippen MR) is 103 cm³/mol. The summed E-state index contributed by atoms with van der Waals surface area (Å²) in [5.74, 6) is 0. The van der Waals surface area contributed by atoms with Gasteiger partial charge in [0.25, 0.3) is 0 Å². The molecule has 0 N–H and O–H groups in total. The summed E-state index contributed by atoms with van der Waals surface area (Å²) in [6, 6.07) is 24.3.